The van der Waals surface area contributed by atoms with Gasteiger partial charge in [-0.3, -0.25) is 25.2 Å². The Morgan fingerprint density at radius 3 is 2.56 bits per heavy atom. The van der Waals surface area contributed by atoms with Crippen LogP contribution in [0.4, 0.5) is 0 Å². The molecule has 3 N–H and O–H groups in total. The van der Waals surface area contributed by atoms with Crippen molar-refractivity contribution in [3.8, 4) is 5.75 Å². The largest absolute Gasteiger partial charge is 0.482 e. The highest BCUT2D eigenvalue weighted by atomic mass is 35.5. The Morgan fingerprint density at radius 2 is 1.88 bits per heavy atom. The van der Waals surface area contributed by atoms with E-state index in [0.717, 1.165) is 0 Å². The van der Waals surface area contributed by atoms with Crippen molar-refractivity contribution >= 4 is 40.9 Å². The van der Waals surface area contributed by atoms with Gasteiger partial charge in [0.1, 0.15) is 11.5 Å². The maximum atomic E-state index is 11.6. The first-order valence-electron chi connectivity index (χ1n) is 6.93. The zero-order valence-electron chi connectivity index (χ0n) is 12.7. The number of furan rings is 1. The number of benzene rings is 1. The lowest BCUT2D eigenvalue weighted by Crippen LogP contribution is -2.49. The lowest BCUT2D eigenvalue weighted by Gasteiger charge is -2.09. The van der Waals surface area contributed by atoms with E-state index in [1.54, 1.807) is 18.2 Å². The van der Waals surface area contributed by atoms with Crippen molar-refractivity contribution in [2.75, 3.05) is 6.61 Å². The summed E-state index contributed by atoms with van der Waals surface area (Å²) in [4.78, 5) is 34.7. The Bertz CT molecular complexity index is 765. The van der Waals surface area contributed by atoms with Crippen molar-refractivity contribution in [1.82, 2.24) is 16.2 Å². The summed E-state index contributed by atoms with van der Waals surface area (Å²) in [5, 5.41) is 2.99. The smallest absolute Gasteiger partial charge is 0.327 e. The van der Waals surface area contributed by atoms with Crippen LogP contribution < -0.4 is 20.9 Å². The minimum Gasteiger partial charge on any atom is -0.482 e. The summed E-state index contributed by atoms with van der Waals surface area (Å²) in [7, 11) is 0. The fraction of sp³-hybridized carbons (Fsp3) is 0.133. The molecule has 1 aromatic carbocycles. The summed E-state index contributed by atoms with van der Waals surface area (Å²) in [5.74, 6) is -1.91. The van der Waals surface area contributed by atoms with E-state index in [-0.39, 0.29) is 17.3 Å². The molecule has 25 heavy (non-hydrogen) atoms. The second kappa shape index (κ2) is 8.95. The van der Waals surface area contributed by atoms with Gasteiger partial charge in [-0.25, -0.2) is 0 Å². The van der Waals surface area contributed by atoms with Gasteiger partial charge in [-0.15, -0.1) is 0 Å². The summed E-state index contributed by atoms with van der Waals surface area (Å²) in [6.45, 7) is -0.374. The molecule has 3 amide bonds. The number of amides is 3. The minimum atomic E-state index is -1.04. The van der Waals surface area contributed by atoms with Gasteiger partial charge in [0, 0.05) is 5.02 Å². The Kier molecular flexibility index (Phi) is 6.67. The van der Waals surface area contributed by atoms with Crippen molar-refractivity contribution in [2.45, 2.75) is 6.54 Å². The fourth-order valence-electron chi connectivity index (χ4n) is 1.62. The minimum absolute atomic E-state index is 0.0470. The first-order valence-corrected chi connectivity index (χ1v) is 7.68. The third-order valence-corrected chi connectivity index (χ3v) is 3.31. The van der Waals surface area contributed by atoms with Gasteiger partial charge in [0.05, 0.1) is 17.8 Å². The van der Waals surface area contributed by atoms with Crippen LogP contribution >= 0.6 is 23.2 Å². The summed E-state index contributed by atoms with van der Waals surface area (Å²) in [5.41, 5.74) is 4.00. The summed E-state index contributed by atoms with van der Waals surface area (Å²) >= 11 is 11.6. The van der Waals surface area contributed by atoms with Crippen molar-refractivity contribution < 1.29 is 23.5 Å². The van der Waals surface area contributed by atoms with E-state index in [0.29, 0.717) is 10.8 Å². The number of rotatable bonds is 5. The second-order valence-electron chi connectivity index (χ2n) is 4.63. The van der Waals surface area contributed by atoms with Crippen LogP contribution in [-0.2, 0) is 20.9 Å². The molecule has 0 unspecified atom stereocenters. The van der Waals surface area contributed by atoms with Gasteiger partial charge in [0.2, 0.25) is 0 Å². The zero-order valence-corrected chi connectivity index (χ0v) is 14.2. The van der Waals surface area contributed by atoms with Gasteiger partial charge in [0.25, 0.3) is 5.91 Å². The van der Waals surface area contributed by atoms with Crippen LogP contribution in [0, 0.1) is 0 Å². The quantitative estimate of drug-likeness (QED) is 0.532. The molecule has 2 aromatic rings. The molecule has 0 aliphatic heterocycles. The number of hydrogen-bond donors (Lipinski definition) is 3. The Hall–Kier alpha value is -2.71. The number of nitrogens with one attached hydrogen (secondary N) is 3. The highest BCUT2D eigenvalue weighted by molar-refractivity contribution is 6.35. The number of carbonyl (C=O) groups is 3. The highest BCUT2D eigenvalue weighted by Gasteiger charge is 2.15. The molecule has 0 saturated carbocycles. The average Bonchev–Trinajstić information content (AvgIpc) is 3.10. The highest BCUT2D eigenvalue weighted by Crippen LogP contribution is 2.27. The van der Waals surface area contributed by atoms with E-state index < -0.39 is 24.3 Å². The van der Waals surface area contributed by atoms with Gasteiger partial charge in [0.15, 0.2) is 6.61 Å². The molecule has 0 bridgehead atoms. The maximum Gasteiger partial charge on any atom is 0.327 e. The molecule has 8 nitrogen and oxygen atoms in total. The maximum absolute atomic E-state index is 11.6. The summed E-state index contributed by atoms with van der Waals surface area (Å²) in [6, 6.07) is 7.79. The monoisotopic (exact) mass is 385 g/mol. The molecule has 132 valence electrons. The molecule has 10 heteroatoms. The summed E-state index contributed by atoms with van der Waals surface area (Å²) in [6.07, 6.45) is 1.44. The van der Waals surface area contributed by atoms with Crippen LogP contribution in [0.3, 0.4) is 0 Å². The molecular weight excluding hydrogens is 373 g/mol. The lowest BCUT2D eigenvalue weighted by atomic mass is 10.3. The molecule has 0 radical (unpaired) electrons. The molecule has 0 saturated heterocycles. The van der Waals surface area contributed by atoms with E-state index >= 15 is 0 Å². The summed E-state index contributed by atoms with van der Waals surface area (Å²) < 4.78 is 10.2. The molecule has 0 spiro atoms. The van der Waals surface area contributed by atoms with E-state index in [1.165, 1.54) is 18.4 Å². The normalized spacial score (nSPS) is 10.0. The number of hydrazine groups is 1. The number of carbonyl (C=O) groups excluding carboxylic acids is 3. The lowest BCUT2D eigenvalue weighted by molar-refractivity contribution is -0.141. The van der Waals surface area contributed by atoms with Crippen molar-refractivity contribution in [2.24, 2.45) is 0 Å². The zero-order chi connectivity index (χ0) is 18.2. The average molecular weight is 386 g/mol. The van der Waals surface area contributed by atoms with Gasteiger partial charge >= 0.3 is 11.8 Å². The Morgan fingerprint density at radius 1 is 1.08 bits per heavy atom. The van der Waals surface area contributed by atoms with E-state index in [2.05, 4.69) is 5.32 Å². The van der Waals surface area contributed by atoms with Crippen LogP contribution in [0.1, 0.15) is 5.76 Å². The molecular formula is C15H13Cl2N3O5. The Labute approximate surface area is 152 Å². The molecule has 2 rings (SSSR count). The van der Waals surface area contributed by atoms with Crippen molar-refractivity contribution in [3.63, 3.8) is 0 Å². The predicted octanol–water partition coefficient (Wildman–Crippen LogP) is 1.43. The molecule has 0 aliphatic rings. The predicted molar refractivity (Wildman–Crippen MR) is 88.8 cm³/mol. The first-order chi connectivity index (χ1) is 12.0. The van der Waals surface area contributed by atoms with Gasteiger partial charge in [-0.1, -0.05) is 23.2 Å². The molecule has 0 fully saturated rings. The standard InChI is InChI=1S/C15H13Cl2N3O5/c16-9-3-4-12(11(17)6-9)25-8-13(21)19-20-15(23)14(22)18-7-10-2-1-5-24-10/h1-6H,7-8H2,(H,18,22)(H,19,21)(H,20,23). The van der Waals surface area contributed by atoms with E-state index in [1.807, 2.05) is 10.9 Å². The van der Waals surface area contributed by atoms with Crippen LogP contribution in [0.2, 0.25) is 10.0 Å². The van der Waals surface area contributed by atoms with Gasteiger partial charge in [-0.2, -0.15) is 0 Å². The second-order valence-corrected chi connectivity index (χ2v) is 5.47. The number of halogens is 2. The fourth-order valence-corrected chi connectivity index (χ4v) is 2.08. The van der Waals surface area contributed by atoms with Crippen LogP contribution in [0.25, 0.3) is 0 Å². The van der Waals surface area contributed by atoms with Crippen LogP contribution in [0.5, 0.6) is 5.75 Å². The third kappa shape index (κ3) is 6.02. The van der Waals surface area contributed by atoms with E-state index in [9.17, 15) is 14.4 Å². The molecule has 1 aromatic heterocycles. The van der Waals surface area contributed by atoms with Crippen LogP contribution in [0.15, 0.2) is 41.0 Å². The first kappa shape index (κ1) is 18.6. The van der Waals surface area contributed by atoms with Crippen LogP contribution in [-0.4, -0.2) is 24.3 Å². The van der Waals surface area contributed by atoms with Crippen molar-refractivity contribution in [1.29, 1.82) is 0 Å². The van der Waals surface area contributed by atoms with Gasteiger partial charge < -0.3 is 14.5 Å². The Balaban J connectivity index is 1.69. The third-order valence-electron chi connectivity index (χ3n) is 2.78. The van der Waals surface area contributed by atoms with E-state index in [4.69, 9.17) is 32.4 Å². The number of hydrogen-bond acceptors (Lipinski definition) is 5. The SMILES string of the molecule is O=C(COc1ccc(Cl)cc1Cl)NNC(=O)C(=O)NCc1ccco1. The number of ether oxygens (including phenoxy) is 1. The molecule has 1 heterocycles. The van der Waals surface area contributed by atoms with Crippen molar-refractivity contribution in [3.05, 3.63) is 52.4 Å². The molecule has 0 atom stereocenters. The topological polar surface area (TPSA) is 110 Å². The molecule has 0 aliphatic carbocycles. The van der Waals surface area contributed by atoms with Gasteiger partial charge in [-0.05, 0) is 30.3 Å².